The summed E-state index contributed by atoms with van der Waals surface area (Å²) in [5, 5.41) is 3.49. The fraction of sp³-hybridized carbons (Fsp3) is 0.312. The second-order valence-corrected chi connectivity index (χ2v) is 4.57. The first-order valence-electron chi connectivity index (χ1n) is 6.49. The van der Waals surface area contributed by atoms with Gasteiger partial charge in [-0.05, 0) is 24.6 Å². The number of pyridine rings is 1. The third kappa shape index (κ3) is 4.16. The molecule has 1 aromatic carbocycles. The Morgan fingerprint density at radius 1 is 1.11 bits per heavy atom. The minimum Gasteiger partial charge on any atom is -0.383 e. The van der Waals surface area contributed by atoms with Gasteiger partial charge in [0.05, 0.1) is 18.3 Å². The molecule has 0 spiro atoms. The summed E-state index contributed by atoms with van der Waals surface area (Å²) in [6, 6.07) is 16.6. The van der Waals surface area contributed by atoms with Crippen molar-refractivity contribution in [2.24, 2.45) is 0 Å². The van der Waals surface area contributed by atoms with E-state index >= 15 is 0 Å². The highest BCUT2D eigenvalue weighted by molar-refractivity contribution is 5.19. The molecule has 0 amide bonds. The van der Waals surface area contributed by atoms with Gasteiger partial charge in [-0.3, -0.25) is 4.98 Å². The number of rotatable bonds is 6. The minimum atomic E-state index is 0.188. The lowest BCUT2D eigenvalue weighted by Gasteiger charge is -2.18. The van der Waals surface area contributed by atoms with Crippen LogP contribution in [0.15, 0.2) is 48.5 Å². The Balaban J connectivity index is 2.01. The normalized spacial score (nSPS) is 12.3. The van der Waals surface area contributed by atoms with E-state index < -0.39 is 0 Å². The third-order valence-corrected chi connectivity index (χ3v) is 3.01. The van der Waals surface area contributed by atoms with Crippen molar-refractivity contribution in [3.8, 4) is 0 Å². The zero-order chi connectivity index (χ0) is 13.5. The molecular weight excluding hydrogens is 236 g/mol. The van der Waals surface area contributed by atoms with Gasteiger partial charge < -0.3 is 10.1 Å². The Hall–Kier alpha value is -1.71. The van der Waals surface area contributed by atoms with Gasteiger partial charge in [-0.25, -0.2) is 0 Å². The smallest absolute Gasteiger partial charge is 0.0657 e. The van der Waals surface area contributed by atoms with Crippen LogP contribution in [-0.4, -0.2) is 18.7 Å². The molecule has 100 valence electrons. The fourth-order valence-corrected chi connectivity index (χ4v) is 2.05. The summed E-state index contributed by atoms with van der Waals surface area (Å²) in [5.41, 5.74) is 3.33. The van der Waals surface area contributed by atoms with Crippen LogP contribution in [0.4, 0.5) is 0 Å². The zero-order valence-electron chi connectivity index (χ0n) is 11.5. The first-order chi connectivity index (χ1) is 9.29. The number of nitrogens with zero attached hydrogens (tertiary/aromatic N) is 1. The van der Waals surface area contributed by atoms with Crippen molar-refractivity contribution < 1.29 is 4.74 Å². The zero-order valence-corrected chi connectivity index (χ0v) is 11.5. The van der Waals surface area contributed by atoms with Crippen molar-refractivity contribution in [3.63, 3.8) is 0 Å². The van der Waals surface area contributed by atoms with E-state index in [9.17, 15) is 0 Å². The molecule has 1 unspecified atom stereocenters. The van der Waals surface area contributed by atoms with E-state index in [1.807, 2.05) is 43.3 Å². The summed E-state index contributed by atoms with van der Waals surface area (Å²) in [6.07, 6.45) is 0. The summed E-state index contributed by atoms with van der Waals surface area (Å²) in [7, 11) is 1.72. The lowest BCUT2D eigenvalue weighted by molar-refractivity contribution is 0.166. The Morgan fingerprint density at radius 3 is 2.58 bits per heavy atom. The number of aryl methyl sites for hydroxylation is 1. The molecule has 0 bridgehead atoms. The standard InChI is InChI=1S/C16H20N2O/c1-13-7-6-10-15(18-13)11-17-16(12-19-2)14-8-4-3-5-9-14/h3-10,16-17H,11-12H2,1-2H3. The molecule has 2 rings (SSSR count). The molecule has 0 fully saturated rings. The molecule has 1 N–H and O–H groups in total. The maximum atomic E-state index is 5.29. The molecule has 0 saturated carbocycles. The Bertz CT molecular complexity index is 499. The van der Waals surface area contributed by atoms with Crippen LogP contribution in [0.3, 0.4) is 0 Å². The molecule has 3 nitrogen and oxygen atoms in total. The molecule has 0 aliphatic carbocycles. The van der Waals surface area contributed by atoms with E-state index in [-0.39, 0.29) is 6.04 Å². The van der Waals surface area contributed by atoms with Crippen LogP contribution < -0.4 is 5.32 Å². The van der Waals surface area contributed by atoms with Crippen LogP contribution in [0, 0.1) is 6.92 Å². The van der Waals surface area contributed by atoms with Crippen LogP contribution in [0.1, 0.15) is 23.0 Å². The molecule has 1 heterocycles. The van der Waals surface area contributed by atoms with Gasteiger partial charge in [-0.1, -0.05) is 36.4 Å². The highest BCUT2D eigenvalue weighted by atomic mass is 16.5. The Kier molecular flexibility index (Phi) is 5.07. The van der Waals surface area contributed by atoms with Gasteiger partial charge in [-0.2, -0.15) is 0 Å². The molecule has 0 aliphatic rings. The number of methoxy groups -OCH3 is 1. The average Bonchev–Trinajstić information content (AvgIpc) is 2.44. The number of hydrogen-bond donors (Lipinski definition) is 1. The van der Waals surface area contributed by atoms with Crippen LogP contribution in [0.2, 0.25) is 0 Å². The quantitative estimate of drug-likeness (QED) is 0.863. The molecule has 1 aromatic heterocycles. The van der Waals surface area contributed by atoms with Gasteiger partial charge in [0.25, 0.3) is 0 Å². The van der Waals surface area contributed by atoms with E-state index in [1.54, 1.807) is 7.11 Å². The molecule has 0 aliphatic heterocycles. The molecule has 3 heteroatoms. The Labute approximate surface area is 114 Å². The van der Waals surface area contributed by atoms with Crippen molar-refractivity contribution in [2.75, 3.05) is 13.7 Å². The van der Waals surface area contributed by atoms with Crippen LogP contribution in [-0.2, 0) is 11.3 Å². The maximum Gasteiger partial charge on any atom is 0.0657 e. The summed E-state index contributed by atoms with van der Waals surface area (Å²) in [5.74, 6) is 0. The number of aromatic nitrogens is 1. The lowest BCUT2D eigenvalue weighted by atomic mass is 10.1. The second kappa shape index (κ2) is 7.02. The number of ether oxygens (including phenoxy) is 1. The van der Waals surface area contributed by atoms with Crippen LogP contribution in [0.5, 0.6) is 0 Å². The molecular formula is C16H20N2O. The largest absolute Gasteiger partial charge is 0.383 e. The van der Waals surface area contributed by atoms with Crippen LogP contribution >= 0.6 is 0 Å². The summed E-state index contributed by atoms with van der Waals surface area (Å²) < 4.78 is 5.29. The minimum absolute atomic E-state index is 0.188. The molecule has 1 atom stereocenters. The van der Waals surface area contributed by atoms with Crippen LogP contribution in [0.25, 0.3) is 0 Å². The van der Waals surface area contributed by atoms with Gasteiger partial charge in [0, 0.05) is 19.3 Å². The van der Waals surface area contributed by atoms with Gasteiger partial charge in [-0.15, -0.1) is 0 Å². The van der Waals surface area contributed by atoms with E-state index in [2.05, 4.69) is 22.4 Å². The third-order valence-electron chi connectivity index (χ3n) is 3.01. The van der Waals surface area contributed by atoms with E-state index in [1.165, 1.54) is 5.56 Å². The predicted molar refractivity (Wildman–Crippen MR) is 76.9 cm³/mol. The van der Waals surface area contributed by atoms with Crippen molar-refractivity contribution in [2.45, 2.75) is 19.5 Å². The lowest BCUT2D eigenvalue weighted by Crippen LogP contribution is -2.25. The summed E-state index contributed by atoms with van der Waals surface area (Å²) >= 11 is 0. The monoisotopic (exact) mass is 256 g/mol. The predicted octanol–water partition coefficient (Wildman–Crippen LogP) is 2.87. The SMILES string of the molecule is COCC(NCc1cccc(C)n1)c1ccccc1. The highest BCUT2D eigenvalue weighted by Crippen LogP contribution is 2.13. The summed E-state index contributed by atoms with van der Waals surface area (Å²) in [6.45, 7) is 3.40. The second-order valence-electron chi connectivity index (χ2n) is 4.57. The van der Waals surface area contributed by atoms with Gasteiger partial charge in [0.2, 0.25) is 0 Å². The summed E-state index contributed by atoms with van der Waals surface area (Å²) in [4.78, 5) is 4.50. The topological polar surface area (TPSA) is 34.1 Å². The molecule has 0 radical (unpaired) electrons. The van der Waals surface area contributed by atoms with Crippen molar-refractivity contribution in [1.29, 1.82) is 0 Å². The van der Waals surface area contributed by atoms with Gasteiger partial charge in [0.15, 0.2) is 0 Å². The first kappa shape index (κ1) is 13.7. The van der Waals surface area contributed by atoms with E-state index in [4.69, 9.17) is 4.74 Å². The maximum absolute atomic E-state index is 5.29. The van der Waals surface area contributed by atoms with Crippen molar-refractivity contribution in [1.82, 2.24) is 10.3 Å². The fourth-order valence-electron chi connectivity index (χ4n) is 2.05. The van der Waals surface area contributed by atoms with E-state index in [0.717, 1.165) is 17.9 Å². The Morgan fingerprint density at radius 2 is 1.89 bits per heavy atom. The first-order valence-corrected chi connectivity index (χ1v) is 6.49. The molecule has 2 aromatic rings. The number of hydrogen-bond acceptors (Lipinski definition) is 3. The van der Waals surface area contributed by atoms with Gasteiger partial charge >= 0.3 is 0 Å². The number of nitrogens with one attached hydrogen (secondary N) is 1. The average molecular weight is 256 g/mol. The van der Waals surface area contributed by atoms with E-state index in [0.29, 0.717) is 6.61 Å². The molecule has 19 heavy (non-hydrogen) atoms. The number of benzene rings is 1. The molecule has 0 saturated heterocycles. The van der Waals surface area contributed by atoms with Gasteiger partial charge in [0.1, 0.15) is 0 Å². The van der Waals surface area contributed by atoms with Crippen molar-refractivity contribution >= 4 is 0 Å². The van der Waals surface area contributed by atoms with Crippen molar-refractivity contribution in [3.05, 3.63) is 65.5 Å². The highest BCUT2D eigenvalue weighted by Gasteiger charge is 2.10.